The van der Waals surface area contributed by atoms with Crippen molar-refractivity contribution >= 4 is 39.3 Å². The lowest BCUT2D eigenvalue weighted by atomic mass is 10.1. The molecule has 3 nitrogen and oxygen atoms in total. The lowest BCUT2D eigenvalue weighted by Gasteiger charge is -2.13. The number of thioether (sulfide) groups is 1. The van der Waals surface area contributed by atoms with Crippen LogP contribution in [0.3, 0.4) is 0 Å². The fourth-order valence-electron chi connectivity index (χ4n) is 1.48. The molecule has 2 aromatic rings. The molecule has 0 radical (unpaired) electrons. The van der Waals surface area contributed by atoms with E-state index >= 15 is 0 Å². The molecule has 0 fully saturated rings. The standard InChI is InChI=1S/C12H13NO2S2/c1-7(2)10(11(14)15)17-12-13-8-5-3-4-6-9(8)16-12/h3-7,10H,1-2H3,(H,14,15)/t10-/m0/s1. The van der Waals surface area contributed by atoms with Crippen molar-refractivity contribution in [2.24, 2.45) is 5.92 Å². The summed E-state index contributed by atoms with van der Waals surface area (Å²) in [6.07, 6.45) is 0. The second-order valence-corrected chi connectivity index (χ2v) is 6.49. The number of hydrogen-bond donors (Lipinski definition) is 1. The van der Waals surface area contributed by atoms with E-state index in [2.05, 4.69) is 4.98 Å². The second kappa shape index (κ2) is 5.06. The quantitative estimate of drug-likeness (QED) is 0.861. The summed E-state index contributed by atoms with van der Waals surface area (Å²) < 4.78 is 1.93. The molecular formula is C12H13NO2S2. The molecule has 5 heteroatoms. The Morgan fingerprint density at radius 1 is 1.41 bits per heavy atom. The number of fused-ring (bicyclic) bond motifs is 1. The zero-order valence-electron chi connectivity index (χ0n) is 9.58. The number of aromatic nitrogens is 1. The molecule has 1 heterocycles. The molecule has 0 saturated heterocycles. The molecule has 2 rings (SSSR count). The molecule has 90 valence electrons. The number of aliphatic carboxylic acids is 1. The Labute approximate surface area is 108 Å². The number of carboxylic acid groups (broad SMARTS) is 1. The molecular weight excluding hydrogens is 254 g/mol. The lowest BCUT2D eigenvalue weighted by Crippen LogP contribution is -2.22. The Morgan fingerprint density at radius 3 is 2.71 bits per heavy atom. The third-order valence-corrected chi connectivity index (χ3v) is 5.01. The number of thiazole rings is 1. The first-order valence-corrected chi connectivity index (χ1v) is 7.02. The van der Waals surface area contributed by atoms with Gasteiger partial charge in [0.2, 0.25) is 0 Å². The Bertz CT molecular complexity index is 503. The zero-order chi connectivity index (χ0) is 12.4. The highest BCUT2D eigenvalue weighted by Gasteiger charge is 2.24. The van der Waals surface area contributed by atoms with Gasteiger partial charge >= 0.3 is 5.97 Å². The van der Waals surface area contributed by atoms with Gasteiger partial charge in [0, 0.05) is 0 Å². The first-order valence-electron chi connectivity index (χ1n) is 5.33. The van der Waals surface area contributed by atoms with Crippen LogP contribution < -0.4 is 0 Å². The first kappa shape index (κ1) is 12.4. The molecule has 0 aliphatic carbocycles. The second-order valence-electron chi connectivity index (χ2n) is 4.07. The van der Waals surface area contributed by atoms with E-state index in [4.69, 9.17) is 5.11 Å². The maximum absolute atomic E-state index is 11.1. The number of nitrogens with zero attached hydrogens (tertiary/aromatic N) is 1. The van der Waals surface area contributed by atoms with Gasteiger partial charge in [0.25, 0.3) is 0 Å². The summed E-state index contributed by atoms with van der Waals surface area (Å²) in [5.41, 5.74) is 0.938. The summed E-state index contributed by atoms with van der Waals surface area (Å²) in [5.74, 6) is -0.686. The van der Waals surface area contributed by atoms with E-state index in [0.29, 0.717) is 0 Å². The van der Waals surface area contributed by atoms with E-state index in [1.54, 1.807) is 11.3 Å². The Hall–Kier alpha value is -1.07. The molecule has 1 aromatic carbocycles. The first-order chi connectivity index (χ1) is 8.08. The molecule has 17 heavy (non-hydrogen) atoms. The average Bonchev–Trinajstić information content (AvgIpc) is 2.67. The van der Waals surface area contributed by atoms with Crippen LogP contribution in [0.2, 0.25) is 0 Å². The van der Waals surface area contributed by atoms with E-state index in [9.17, 15) is 4.79 Å². The summed E-state index contributed by atoms with van der Waals surface area (Å²) in [7, 11) is 0. The molecule has 0 aliphatic heterocycles. The van der Waals surface area contributed by atoms with Gasteiger partial charge < -0.3 is 5.11 Å². The number of carbonyl (C=O) groups is 1. The predicted octanol–water partition coefficient (Wildman–Crippen LogP) is 3.50. The summed E-state index contributed by atoms with van der Waals surface area (Å²) in [6.45, 7) is 3.83. The Balaban J connectivity index is 2.25. The van der Waals surface area contributed by atoms with Crippen molar-refractivity contribution < 1.29 is 9.90 Å². The minimum absolute atomic E-state index is 0.0875. The molecule has 1 atom stereocenters. The van der Waals surface area contributed by atoms with E-state index < -0.39 is 11.2 Å². The molecule has 0 spiro atoms. The normalized spacial score (nSPS) is 13.1. The van der Waals surface area contributed by atoms with Crippen LogP contribution in [0.4, 0.5) is 0 Å². The van der Waals surface area contributed by atoms with Gasteiger partial charge in [-0.25, -0.2) is 4.98 Å². The highest BCUT2D eigenvalue weighted by atomic mass is 32.2. The fourth-order valence-corrected chi connectivity index (χ4v) is 3.69. The van der Waals surface area contributed by atoms with E-state index in [0.717, 1.165) is 14.6 Å². The Kier molecular flexibility index (Phi) is 3.69. The van der Waals surface area contributed by atoms with Crippen molar-refractivity contribution in [2.75, 3.05) is 0 Å². The van der Waals surface area contributed by atoms with Crippen LogP contribution in [0.25, 0.3) is 10.2 Å². The minimum atomic E-state index is -0.774. The minimum Gasteiger partial charge on any atom is -0.480 e. The van der Waals surface area contributed by atoms with Gasteiger partial charge in [-0.3, -0.25) is 4.79 Å². The number of rotatable bonds is 4. The summed E-state index contributed by atoms with van der Waals surface area (Å²) >= 11 is 2.89. The van der Waals surface area contributed by atoms with Crippen molar-refractivity contribution in [3.05, 3.63) is 24.3 Å². The van der Waals surface area contributed by atoms with Crippen molar-refractivity contribution in [3.63, 3.8) is 0 Å². The summed E-state index contributed by atoms with van der Waals surface area (Å²) in [6, 6.07) is 7.85. The van der Waals surface area contributed by atoms with Gasteiger partial charge in [0.15, 0.2) is 4.34 Å². The van der Waals surface area contributed by atoms with E-state index in [1.165, 1.54) is 11.8 Å². The molecule has 0 unspecified atom stereocenters. The Morgan fingerprint density at radius 2 is 2.12 bits per heavy atom. The van der Waals surface area contributed by atoms with Crippen LogP contribution in [0.1, 0.15) is 13.8 Å². The molecule has 0 aliphatic rings. The highest BCUT2D eigenvalue weighted by Crippen LogP contribution is 2.34. The SMILES string of the molecule is CC(C)[C@H](Sc1nc2ccccc2s1)C(=O)O. The van der Waals surface area contributed by atoms with E-state index in [1.807, 2.05) is 38.1 Å². The molecule has 1 N–H and O–H groups in total. The highest BCUT2D eigenvalue weighted by molar-refractivity contribution is 8.02. The predicted molar refractivity (Wildman–Crippen MR) is 71.7 cm³/mol. The molecule has 1 aromatic heterocycles. The molecule has 0 amide bonds. The maximum Gasteiger partial charge on any atom is 0.317 e. The molecule has 0 bridgehead atoms. The van der Waals surface area contributed by atoms with Crippen LogP contribution >= 0.6 is 23.1 Å². The number of carboxylic acids is 1. The average molecular weight is 267 g/mol. The number of para-hydroxylation sites is 1. The van der Waals surface area contributed by atoms with Crippen LogP contribution in [-0.2, 0) is 4.79 Å². The third kappa shape index (κ3) is 2.79. The summed E-state index contributed by atoms with van der Waals surface area (Å²) in [5, 5.41) is 8.70. The lowest BCUT2D eigenvalue weighted by molar-refractivity contribution is -0.137. The van der Waals surface area contributed by atoms with Crippen LogP contribution in [-0.4, -0.2) is 21.3 Å². The largest absolute Gasteiger partial charge is 0.480 e. The van der Waals surface area contributed by atoms with E-state index in [-0.39, 0.29) is 5.92 Å². The maximum atomic E-state index is 11.1. The van der Waals surface area contributed by atoms with Gasteiger partial charge in [-0.05, 0) is 18.1 Å². The summed E-state index contributed by atoms with van der Waals surface area (Å²) in [4.78, 5) is 15.6. The van der Waals surface area contributed by atoms with Gasteiger partial charge in [-0.15, -0.1) is 11.3 Å². The van der Waals surface area contributed by atoms with Crippen LogP contribution in [0.5, 0.6) is 0 Å². The topological polar surface area (TPSA) is 50.2 Å². The fraction of sp³-hybridized carbons (Fsp3) is 0.333. The van der Waals surface area contributed by atoms with Gasteiger partial charge in [0.1, 0.15) is 5.25 Å². The van der Waals surface area contributed by atoms with Gasteiger partial charge in [-0.1, -0.05) is 37.7 Å². The van der Waals surface area contributed by atoms with Crippen molar-refractivity contribution in [3.8, 4) is 0 Å². The van der Waals surface area contributed by atoms with Crippen molar-refractivity contribution in [2.45, 2.75) is 23.4 Å². The smallest absolute Gasteiger partial charge is 0.317 e. The van der Waals surface area contributed by atoms with Crippen molar-refractivity contribution in [1.29, 1.82) is 0 Å². The number of benzene rings is 1. The number of hydrogen-bond acceptors (Lipinski definition) is 4. The van der Waals surface area contributed by atoms with Crippen LogP contribution in [0.15, 0.2) is 28.6 Å². The van der Waals surface area contributed by atoms with Gasteiger partial charge in [0.05, 0.1) is 10.2 Å². The third-order valence-electron chi connectivity index (χ3n) is 2.35. The molecule has 0 saturated carbocycles. The zero-order valence-corrected chi connectivity index (χ0v) is 11.2. The monoisotopic (exact) mass is 267 g/mol. The van der Waals surface area contributed by atoms with Gasteiger partial charge in [-0.2, -0.15) is 0 Å². The van der Waals surface area contributed by atoms with Crippen LogP contribution in [0, 0.1) is 5.92 Å². The van der Waals surface area contributed by atoms with Crippen molar-refractivity contribution in [1.82, 2.24) is 4.98 Å².